The molecule has 2 heterocycles. The Balaban J connectivity index is 1.54. The SMILES string of the molecule is O=[N+]([O-])c1ccc(C2C3CC=CC3c3cc(Br)cc4c3N2CC2CC=CC42)cc1. The van der Waals surface area contributed by atoms with Crippen molar-refractivity contribution in [2.24, 2.45) is 11.8 Å². The number of hydrogen-bond donors (Lipinski definition) is 0. The zero-order valence-corrected chi connectivity index (χ0v) is 17.5. The lowest BCUT2D eigenvalue weighted by Gasteiger charge is -2.51. The van der Waals surface area contributed by atoms with E-state index < -0.39 is 0 Å². The summed E-state index contributed by atoms with van der Waals surface area (Å²) in [5, 5.41) is 11.1. The minimum Gasteiger partial charge on any atom is -0.363 e. The first kappa shape index (κ1) is 17.5. The monoisotopic (exact) mass is 448 g/mol. The molecule has 5 unspecified atom stereocenters. The number of allylic oxidation sites excluding steroid dienone is 4. The molecule has 0 radical (unpaired) electrons. The van der Waals surface area contributed by atoms with Crippen LogP contribution in [0.5, 0.6) is 0 Å². The van der Waals surface area contributed by atoms with Crippen LogP contribution in [0.4, 0.5) is 11.4 Å². The number of benzene rings is 2. The van der Waals surface area contributed by atoms with Crippen LogP contribution in [0.1, 0.15) is 47.4 Å². The summed E-state index contributed by atoms with van der Waals surface area (Å²) in [5.41, 5.74) is 5.62. The molecule has 6 rings (SSSR count). The smallest absolute Gasteiger partial charge is 0.269 e. The molecule has 0 saturated carbocycles. The van der Waals surface area contributed by atoms with Crippen molar-refractivity contribution in [2.45, 2.75) is 30.7 Å². The predicted molar refractivity (Wildman–Crippen MR) is 117 cm³/mol. The third-order valence-corrected chi connectivity index (χ3v) is 7.72. The van der Waals surface area contributed by atoms with Gasteiger partial charge in [-0.25, -0.2) is 0 Å². The lowest BCUT2D eigenvalue weighted by molar-refractivity contribution is -0.384. The summed E-state index contributed by atoms with van der Waals surface area (Å²) in [5.74, 6) is 1.98. The van der Waals surface area contributed by atoms with Crippen molar-refractivity contribution in [1.29, 1.82) is 0 Å². The summed E-state index contributed by atoms with van der Waals surface area (Å²) in [6.45, 7) is 1.05. The molecule has 0 aromatic heterocycles. The van der Waals surface area contributed by atoms with E-state index in [9.17, 15) is 10.1 Å². The molecule has 4 aliphatic rings. The van der Waals surface area contributed by atoms with E-state index in [0.29, 0.717) is 23.7 Å². The molecule has 2 aliphatic carbocycles. The lowest BCUT2D eigenvalue weighted by atomic mass is 9.71. The zero-order valence-electron chi connectivity index (χ0n) is 15.9. The molecule has 29 heavy (non-hydrogen) atoms. The fourth-order valence-corrected chi connectivity index (χ4v) is 6.60. The largest absolute Gasteiger partial charge is 0.363 e. The Morgan fingerprint density at radius 2 is 1.69 bits per heavy atom. The maximum atomic E-state index is 11.1. The molecule has 0 saturated heterocycles. The molecule has 5 atom stereocenters. The molecule has 0 bridgehead atoms. The van der Waals surface area contributed by atoms with Crippen LogP contribution < -0.4 is 4.90 Å². The molecule has 0 N–H and O–H groups in total. The molecule has 0 spiro atoms. The summed E-state index contributed by atoms with van der Waals surface area (Å²) in [7, 11) is 0. The Morgan fingerprint density at radius 1 is 1.00 bits per heavy atom. The third kappa shape index (κ3) is 2.49. The van der Waals surface area contributed by atoms with E-state index in [-0.39, 0.29) is 16.7 Å². The van der Waals surface area contributed by atoms with Gasteiger partial charge in [0, 0.05) is 40.7 Å². The molecule has 0 amide bonds. The fraction of sp³-hybridized carbons (Fsp3) is 0.333. The van der Waals surface area contributed by atoms with Gasteiger partial charge in [-0.2, -0.15) is 0 Å². The van der Waals surface area contributed by atoms with Crippen LogP contribution in [0.3, 0.4) is 0 Å². The van der Waals surface area contributed by atoms with Crippen LogP contribution in [0.25, 0.3) is 0 Å². The number of halogens is 1. The van der Waals surface area contributed by atoms with E-state index >= 15 is 0 Å². The Labute approximate surface area is 178 Å². The molecule has 2 aliphatic heterocycles. The highest BCUT2D eigenvalue weighted by Crippen LogP contribution is 2.59. The standard InChI is InChI=1S/C24H21BrN2O2/c25-16-11-21-18-4-1-3-15(18)13-26-23(14-7-9-17(10-8-14)27(28)29)20-6-2-5-19(20)22(12-16)24(21)26/h1-2,4-5,7-12,15,18-20,23H,3,6,13H2. The van der Waals surface area contributed by atoms with Gasteiger partial charge in [0.15, 0.2) is 0 Å². The molecule has 146 valence electrons. The number of rotatable bonds is 2. The molecule has 0 fully saturated rings. The van der Waals surface area contributed by atoms with Crippen molar-refractivity contribution in [1.82, 2.24) is 0 Å². The summed E-state index contributed by atoms with van der Waals surface area (Å²) >= 11 is 3.77. The van der Waals surface area contributed by atoms with Crippen LogP contribution in [0.15, 0.2) is 65.2 Å². The third-order valence-electron chi connectivity index (χ3n) is 7.26. The average molecular weight is 449 g/mol. The Hall–Kier alpha value is -2.40. The number of hydrogen-bond acceptors (Lipinski definition) is 3. The van der Waals surface area contributed by atoms with Crippen molar-refractivity contribution in [3.8, 4) is 0 Å². The summed E-state index contributed by atoms with van der Waals surface area (Å²) in [6.07, 6.45) is 11.6. The first-order chi connectivity index (χ1) is 14.1. The second-order valence-electron chi connectivity index (χ2n) is 8.68. The van der Waals surface area contributed by atoms with Crippen molar-refractivity contribution in [3.05, 3.63) is 92.0 Å². The van der Waals surface area contributed by atoms with Gasteiger partial charge < -0.3 is 4.90 Å². The number of fused-ring (bicyclic) bond motifs is 4. The quantitative estimate of drug-likeness (QED) is 0.309. The Bertz CT molecular complexity index is 1060. The predicted octanol–water partition coefficient (Wildman–Crippen LogP) is 6.25. The maximum Gasteiger partial charge on any atom is 0.269 e. The number of nitro benzene ring substituents is 1. The maximum absolute atomic E-state index is 11.1. The van der Waals surface area contributed by atoms with E-state index in [1.54, 1.807) is 12.1 Å². The highest BCUT2D eigenvalue weighted by Gasteiger charge is 2.47. The molecule has 5 heteroatoms. The van der Waals surface area contributed by atoms with E-state index in [1.807, 2.05) is 12.1 Å². The van der Waals surface area contributed by atoms with Gasteiger partial charge in [-0.1, -0.05) is 52.4 Å². The number of anilines is 1. The van der Waals surface area contributed by atoms with E-state index in [4.69, 9.17) is 0 Å². The summed E-state index contributed by atoms with van der Waals surface area (Å²) in [6, 6.07) is 12.1. The van der Waals surface area contributed by atoms with Crippen molar-refractivity contribution >= 4 is 27.3 Å². The Kier molecular flexibility index (Phi) is 3.79. The summed E-state index contributed by atoms with van der Waals surface area (Å²) in [4.78, 5) is 13.5. The van der Waals surface area contributed by atoms with Crippen LogP contribution in [-0.2, 0) is 0 Å². The molecule has 2 aromatic rings. The Morgan fingerprint density at radius 3 is 2.45 bits per heavy atom. The number of nitrogens with zero attached hydrogens (tertiary/aromatic N) is 2. The normalized spacial score (nSPS) is 30.8. The first-order valence-corrected chi connectivity index (χ1v) is 11.1. The first-order valence-electron chi connectivity index (χ1n) is 10.3. The van der Waals surface area contributed by atoms with Crippen LogP contribution in [0.2, 0.25) is 0 Å². The van der Waals surface area contributed by atoms with Crippen LogP contribution >= 0.6 is 15.9 Å². The minimum atomic E-state index is -0.314. The van der Waals surface area contributed by atoms with Gasteiger partial charge in [0.1, 0.15) is 0 Å². The number of non-ortho nitro benzene ring substituents is 1. The highest BCUT2D eigenvalue weighted by atomic mass is 79.9. The summed E-state index contributed by atoms with van der Waals surface area (Å²) < 4.78 is 1.17. The van der Waals surface area contributed by atoms with Gasteiger partial charge >= 0.3 is 0 Å². The number of nitro groups is 1. The van der Waals surface area contributed by atoms with E-state index in [2.05, 4.69) is 57.3 Å². The molecule has 2 aromatic carbocycles. The van der Waals surface area contributed by atoms with Gasteiger partial charge in [0.2, 0.25) is 0 Å². The second-order valence-corrected chi connectivity index (χ2v) is 9.60. The molecular weight excluding hydrogens is 428 g/mol. The molecular formula is C24H21BrN2O2. The van der Waals surface area contributed by atoms with Gasteiger partial charge in [-0.15, -0.1) is 0 Å². The van der Waals surface area contributed by atoms with Crippen molar-refractivity contribution in [3.63, 3.8) is 0 Å². The van der Waals surface area contributed by atoms with E-state index in [0.717, 1.165) is 19.4 Å². The lowest BCUT2D eigenvalue weighted by Crippen LogP contribution is -2.46. The van der Waals surface area contributed by atoms with Gasteiger partial charge in [0.05, 0.1) is 11.0 Å². The second kappa shape index (κ2) is 6.30. The van der Waals surface area contributed by atoms with Crippen molar-refractivity contribution < 1.29 is 4.92 Å². The van der Waals surface area contributed by atoms with Gasteiger partial charge in [0.25, 0.3) is 5.69 Å². The van der Waals surface area contributed by atoms with Gasteiger partial charge in [-0.3, -0.25) is 10.1 Å². The van der Waals surface area contributed by atoms with Gasteiger partial charge in [-0.05, 0) is 53.5 Å². The average Bonchev–Trinajstić information content (AvgIpc) is 3.37. The zero-order chi connectivity index (χ0) is 19.7. The van der Waals surface area contributed by atoms with Crippen molar-refractivity contribution in [2.75, 3.05) is 11.4 Å². The van der Waals surface area contributed by atoms with Crippen LogP contribution in [-0.4, -0.2) is 11.5 Å². The highest BCUT2D eigenvalue weighted by molar-refractivity contribution is 9.10. The molecule has 4 nitrogen and oxygen atoms in total. The fourth-order valence-electron chi connectivity index (χ4n) is 6.11. The van der Waals surface area contributed by atoms with E-state index in [1.165, 1.54) is 26.9 Å². The topological polar surface area (TPSA) is 46.4 Å². The minimum absolute atomic E-state index is 0.161. The van der Waals surface area contributed by atoms with Crippen LogP contribution in [0, 0.1) is 22.0 Å².